The molecule has 1 aromatic carbocycles. The summed E-state index contributed by atoms with van der Waals surface area (Å²) in [6.07, 6.45) is 0.845. The number of likely N-dealkylation sites (N-methyl/N-ethyl adjacent to an activating group) is 1. The van der Waals surface area contributed by atoms with E-state index in [9.17, 15) is 13.6 Å². The van der Waals surface area contributed by atoms with Crippen molar-refractivity contribution in [2.45, 2.75) is 12.5 Å². The third kappa shape index (κ3) is 2.15. The molecule has 0 aliphatic carbocycles. The third-order valence-corrected chi connectivity index (χ3v) is 3.23. The topological polar surface area (TPSA) is 52.6 Å². The van der Waals surface area contributed by atoms with Gasteiger partial charge in [0.05, 0.1) is 11.3 Å². The lowest BCUT2D eigenvalue weighted by Gasteiger charge is -2.19. The van der Waals surface area contributed by atoms with Crippen LogP contribution in [0.15, 0.2) is 12.1 Å². The van der Waals surface area contributed by atoms with E-state index in [1.807, 2.05) is 7.05 Å². The van der Waals surface area contributed by atoms with Gasteiger partial charge < -0.3 is 15.3 Å². The summed E-state index contributed by atoms with van der Waals surface area (Å²) in [5, 5.41) is 11.8. The first-order chi connectivity index (χ1) is 8.54. The summed E-state index contributed by atoms with van der Waals surface area (Å²) in [5.41, 5.74) is -0.518. The maximum atomic E-state index is 13.8. The fraction of sp³-hybridized carbons (Fsp3) is 0.417. The Morgan fingerprint density at radius 3 is 2.72 bits per heavy atom. The average molecular weight is 256 g/mol. The predicted molar refractivity (Wildman–Crippen MR) is 63.0 cm³/mol. The Morgan fingerprint density at radius 1 is 1.44 bits per heavy atom. The Morgan fingerprint density at radius 2 is 2.17 bits per heavy atom. The molecule has 0 radical (unpaired) electrons. The first-order valence-corrected chi connectivity index (χ1v) is 5.68. The smallest absolute Gasteiger partial charge is 0.338 e. The van der Waals surface area contributed by atoms with Gasteiger partial charge in [-0.1, -0.05) is 0 Å². The Balaban J connectivity index is 2.30. The van der Waals surface area contributed by atoms with Crippen molar-refractivity contribution in [1.82, 2.24) is 5.32 Å². The van der Waals surface area contributed by atoms with E-state index in [-0.39, 0.29) is 11.7 Å². The van der Waals surface area contributed by atoms with Crippen molar-refractivity contribution < 1.29 is 18.7 Å². The van der Waals surface area contributed by atoms with Crippen LogP contribution in [0.5, 0.6) is 0 Å². The van der Waals surface area contributed by atoms with Crippen molar-refractivity contribution in [3.8, 4) is 0 Å². The van der Waals surface area contributed by atoms with Crippen molar-refractivity contribution in [1.29, 1.82) is 0 Å². The normalized spacial score (nSPS) is 19.3. The monoisotopic (exact) mass is 256 g/mol. The highest BCUT2D eigenvalue weighted by atomic mass is 19.2. The van der Waals surface area contributed by atoms with Crippen LogP contribution >= 0.6 is 0 Å². The van der Waals surface area contributed by atoms with Gasteiger partial charge in [0.15, 0.2) is 11.6 Å². The SMILES string of the molecule is CNC1CCN(c2ccc(C(=O)O)c(F)c2F)C1. The molecule has 0 aromatic heterocycles. The summed E-state index contributed by atoms with van der Waals surface area (Å²) >= 11 is 0. The largest absolute Gasteiger partial charge is 0.478 e. The highest BCUT2D eigenvalue weighted by Crippen LogP contribution is 2.27. The van der Waals surface area contributed by atoms with Crippen LogP contribution in [-0.2, 0) is 0 Å². The van der Waals surface area contributed by atoms with Gasteiger partial charge in [0.2, 0.25) is 0 Å². The maximum Gasteiger partial charge on any atom is 0.338 e. The van der Waals surface area contributed by atoms with E-state index in [0.29, 0.717) is 13.1 Å². The van der Waals surface area contributed by atoms with Crippen LogP contribution in [0, 0.1) is 11.6 Å². The molecule has 1 saturated heterocycles. The number of carboxylic acid groups (broad SMARTS) is 1. The molecule has 18 heavy (non-hydrogen) atoms. The molecule has 98 valence electrons. The molecular weight excluding hydrogens is 242 g/mol. The molecule has 0 bridgehead atoms. The second kappa shape index (κ2) is 4.89. The fourth-order valence-corrected chi connectivity index (χ4v) is 2.16. The quantitative estimate of drug-likeness (QED) is 0.859. The molecule has 1 heterocycles. The van der Waals surface area contributed by atoms with E-state index in [4.69, 9.17) is 5.11 Å². The lowest BCUT2D eigenvalue weighted by atomic mass is 10.1. The lowest BCUT2D eigenvalue weighted by molar-refractivity contribution is 0.0690. The second-order valence-corrected chi connectivity index (χ2v) is 4.29. The zero-order valence-electron chi connectivity index (χ0n) is 9.91. The number of carbonyl (C=O) groups is 1. The van der Waals surface area contributed by atoms with Gasteiger partial charge in [0.1, 0.15) is 0 Å². The van der Waals surface area contributed by atoms with Crippen molar-refractivity contribution in [3.63, 3.8) is 0 Å². The van der Waals surface area contributed by atoms with Gasteiger partial charge >= 0.3 is 5.97 Å². The minimum Gasteiger partial charge on any atom is -0.478 e. The Kier molecular flexibility index (Phi) is 3.47. The summed E-state index contributed by atoms with van der Waals surface area (Å²) in [4.78, 5) is 12.4. The molecule has 1 aliphatic rings. The van der Waals surface area contributed by atoms with E-state index in [0.717, 1.165) is 12.5 Å². The van der Waals surface area contributed by atoms with Crippen molar-refractivity contribution >= 4 is 11.7 Å². The zero-order chi connectivity index (χ0) is 13.3. The second-order valence-electron chi connectivity index (χ2n) is 4.29. The standard InChI is InChI=1S/C12H14F2N2O2/c1-15-7-4-5-16(6-7)9-3-2-8(12(17)18)10(13)11(9)14/h2-3,7,15H,4-6H2,1H3,(H,17,18). The molecule has 0 spiro atoms. The third-order valence-electron chi connectivity index (χ3n) is 3.23. The molecule has 1 atom stereocenters. The summed E-state index contributed by atoms with van der Waals surface area (Å²) in [5.74, 6) is -3.85. The molecule has 2 N–H and O–H groups in total. The zero-order valence-corrected chi connectivity index (χ0v) is 9.91. The minimum atomic E-state index is -1.47. The van der Waals surface area contributed by atoms with Gasteiger partial charge in [0.25, 0.3) is 0 Å². The van der Waals surface area contributed by atoms with Crippen LogP contribution in [0.25, 0.3) is 0 Å². The van der Waals surface area contributed by atoms with Crippen LogP contribution in [0.4, 0.5) is 14.5 Å². The number of hydrogen-bond acceptors (Lipinski definition) is 3. The maximum absolute atomic E-state index is 13.8. The van der Waals surface area contributed by atoms with E-state index in [1.54, 1.807) is 4.90 Å². The fourth-order valence-electron chi connectivity index (χ4n) is 2.16. The molecule has 2 rings (SSSR count). The van der Waals surface area contributed by atoms with Crippen LogP contribution in [0.3, 0.4) is 0 Å². The van der Waals surface area contributed by atoms with Gasteiger partial charge in [-0.25, -0.2) is 13.6 Å². The summed E-state index contributed by atoms with van der Waals surface area (Å²) < 4.78 is 27.4. The number of hydrogen-bond donors (Lipinski definition) is 2. The number of nitrogens with zero attached hydrogens (tertiary/aromatic N) is 1. The molecule has 1 fully saturated rings. The van der Waals surface area contributed by atoms with E-state index >= 15 is 0 Å². The summed E-state index contributed by atoms with van der Waals surface area (Å²) in [6.45, 7) is 1.20. The Labute approximate surface area is 103 Å². The molecule has 1 aliphatic heterocycles. The predicted octanol–water partition coefficient (Wildman–Crippen LogP) is 1.46. The number of anilines is 1. The van der Waals surface area contributed by atoms with Gasteiger partial charge in [0, 0.05) is 19.1 Å². The van der Waals surface area contributed by atoms with E-state index in [1.165, 1.54) is 6.07 Å². The van der Waals surface area contributed by atoms with Crippen LogP contribution < -0.4 is 10.2 Å². The number of carboxylic acids is 1. The molecule has 0 saturated carbocycles. The van der Waals surface area contributed by atoms with Crippen LogP contribution in [-0.4, -0.2) is 37.3 Å². The number of aromatic carboxylic acids is 1. The van der Waals surface area contributed by atoms with Gasteiger partial charge in [-0.05, 0) is 25.6 Å². The van der Waals surface area contributed by atoms with Crippen molar-refractivity contribution in [2.24, 2.45) is 0 Å². The molecule has 4 nitrogen and oxygen atoms in total. The Hall–Kier alpha value is -1.69. The van der Waals surface area contributed by atoms with Crippen molar-refractivity contribution in [2.75, 3.05) is 25.0 Å². The van der Waals surface area contributed by atoms with Crippen LogP contribution in [0.2, 0.25) is 0 Å². The molecule has 1 aromatic rings. The van der Waals surface area contributed by atoms with Crippen molar-refractivity contribution in [3.05, 3.63) is 29.3 Å². The van der Waals surface area contributed by atoms with Gasteiger partial charge in [-0.3, -0.25) is 0 Å². The van der Waals surface area contributed by atoms with E-state index in [2.05, 4.69) is 5.32 Å². The first kappa shape index (κ1) is 12.8. The highest BCUT2D eigenvalue weighted by Gasteiger charge is 2.26. The number of benzene rings is 1. The molecule has 0 amide bonds. The minimum absolute atomic E-state index is 0.121. The average Bonchev–Trinajstić information content (AvgIpc) is 2.80. The van der Waals surface area contributed by atoms with Crippen LogP contribution in [0.1, 0.15) is 16.8 Å². The lowest BCUT2D eigenvalue weighted by Crippen LogP contribution is -2.30. The summed E-state index contributed by atoms with van der Waals surface area (Å²) in [6, 6.07) is 2.66. The molecule has 1 unspecified atom stereocenters. The number of rotatable bonds is 3. The molecule has 6 heteroatoms. The van der Waals surface area contributed by atoms with Gasteiger partial charge in [-0.15, -0.1) is 0 Å². The number of halogens is 2. The molecular formula is C12H14F2N2O2. The first-order valence-electron chi connectivity index (χ1n) is 5.68. The highest BCUT2D eigenvalue weighted by molar-refractivity contribution is 5.88. The van der Waals surface area contributed by atoms with E-state index < -0.39 is 23.2 Å². The summed E-state index contributed by atoms with van der Waals surface area (Å²) in [7, 11) is 1.82. The number of nitrogens with one attached hydrogen (secondary N) is 1. The Bertz CT molecular complexity index is 479. The van der Waals surface area contributed by atoms with Gasteiger partial charge in [-0.2, -0.15) is 0 Å².